The zero-order chi connectivity index (χ0) is 10.9. The second-order valence-electron chi connectivity index (χ2n) is 4.65. The van der Waals surface area contributed by atoms with Crippen molar-refractivity contribution in [1.82, 2.24) is 5.32 Å². The first-order valence-electron chi connectivity index (χ1n) is 5.25. The van der Waals surface area contributed by atoms with Gasteiger partial charge in [-0.25, -0.2) is 0 Å². The van der Waals surface area contributed by atoms with Gasteiger partial charge in [0.25, 0.3) is 0 Å². The molecule has 0 spiro atoms. The van der Waals surface area contributed by atoms with E-state index in [1.54, 1.807) is 0 Å². The second kappa shape index (κ2) is 3.71. The molecule has 0 unspecified atom stereocenters. The van der Waals surface area contributed by atoms with Crippen LogP contribution < -0.4 is 5.32 Å². The molecule has 1 fully saturated rings. The van der Waals surface area contributed by atoms with Crippen molar-refractivity contribution in [2.45, 2.75) is 46.1 Å². The van der Waals surface area contributed by atoms with E-state index >= 15 is 0 Å². The maximum Gasteiger partial charge on any atom is 0.221 e. The van der Waals surface area contributed by atoms with Gasteiger partial charge in [0, 0.05) is 12.8 Å². The summed E-state index contributed by atoms with van der Waals surface area (Å²) in [4.78, 5) is 23.3. The van der Waals surface area contributed by atoms with Crippen molar-refractivity contribution in [2.75, 3.05) is 0 Å². The number of amides is 1. The van der Waals surface area contributed by atoms with Crippen LogP contribution in [0.2, 0.25) is 0 Å². The summed E-state index contributed by atoms with van der Waals surface area (Å²) in [5.74, 6) is 0.493. The summed E-state index contributed by atoms with van der Waals surface area (Å²) in [7, 11) is 0. The van der Waals surface area contributed by atoms with E-state index in [1.807, 2.05) is 27.7 Å². The van der Waals surface area contributed by atoms with E-state index in [9.17, 15) is 9.59 Å². The van der Waals surface area contributed by atoms with Crippen LogP contribution >= 0.6 is 0 Å². The molecule has 0 atom stereocenters. The van der Waals surface area contributed by atoms with Crippen molar-refractivity contribution in [2.24, 2.45) is 11.8 Å². The molecule has 1 rings (SSSR count). The van der Waals surface area contributed by atoms with Gasteiger partial charge in [-0.05, 0) is 11.8 Å². The number of nitrogens with one attached hydrogen (secondary N) is 1. The van der Waals surface area contributed by atoms with Gasteiger partial charge in [-0.15, -0.1) is 0 Å². The van der Waals surface area contributed by atoms with Crippen LogP contribution in [-0.2, 0) is 9.59 Å². The minimum Gasteiger partial charge on any atom is -0.343 e. The maximum atomic E-state index is 11.9. The number of hydrogen-bond donors (Lipinski definition) is 1. The molecule has 1 saturated heterocycles. The molecular formula is C11H19NO2. The van der Waals surface area contributed by atoms with Crippen LogP contribution in [0.3, 0.4) is 0 Å². The van der Waals surface area contributed by atoms with Gasteiger partial charge in [-0.3, -0.25) is 9.59 Å². The Morgan fingerprint density at radius 1 is 1.07 bits per heavy atom. The lowest BCUT2D eigenvalue weighted by atomic mass is 9.71. The van der Waals surface area contributed by atoms with E-state index in [-0.39, 0.29) is 23.5 Å². The van der Waals surface area contributed by atoms with Crippen LogP contribution in [0, 0.1) is 11.8 Å². The van der Waals surface area contributed by atoms with E-state index < -0.39 is 5.54 Å². The molecule has 1 heterocycles. The number of carbonyl (C=O) groups is 2. The lowest BCUT2D eigenvalue weighted by Gasteiger charge is -2.43. The highest BCUT2D eigenvalue weighted by atomic mass is 16.2. The van der Waals surface area contributed by atoms with Crippen molar-refractivity contribution < 1.29 is 9.59 Å². The fourth-order valence-corrected chi connectivity index (χ4v) is 2.40. The Labute approximate surface area is 85.3 Å². The summed E-state index contributed by atoms with van der Waals surface area (Å²) in [6.45, 7) is 7.96. The molecule has 0 saturated carbocycles. The van der Waals surface area contributed by atoms with Gasteiger partial charge in [0.15, 0.2) is 5.78 Å². The zero-order valence-electron chi connectivity index (χ0n) is 9.39. The zero-order valence-corrected chi connectivity index (χ0v) is 9.39. The van der Waals surface area contributed by atoms with Crippen LogP contribution in [0.25, 0.3) is 0 Å². The molecule has 80 valence electrons. The largest absolute Gasteiger partial charge is 0.343 e. The average Bonchev–Trinajstić information content (AvgIpc) is 2.08. The molecule has 0 radical (unpaired) electrons. The van der Waals surface area contributed by atoms with E-state index in [1.165, 1.54) is 0 Å². The van der Waals surface area contributed by atoms with Gasteiger partial charge in [0.05, 0.1) is 0 Å². The van der Waals surface area contributed by atoms with Crippen LogP contribution in [0.15, 0.2) is 0 Å². The third-order valence-electron chi connectivity index (χ3n) is 3.21. The van der Waals surface area contributed by atoms with E-state index in [0.29, 0.717) is 12.8 Å². The van der Waals surface area contributed by atoms with Gasteiger partial charge in [0.1, 0.15) is 5.54 Å². The van der Waals surface area contributed by atoms with Crippen molar-refractivity contribution in [1.29, 1.82) is 0 Å². The highest BCUT2D eigenvalue weighted by Crippen LogP contribution is 2.31. The number of hydrogen-bond acceptors (Lipinski definition) is 2. The normalized spacial score (nSPS) is 21.6. The topological polar surface area (TPSA) is 46.2 Å². The predicted molar refractivity (Wildman–Crippen MR) is 54.8 cm³/mol. The van der Waals surface area contributed by atoms with E-state index in [4.69, 9.17) is 0 Å². The van der Waals surface area contributed by atoms with Crippen LogP contribution in [0.1, 0.15) is 40.5 Å². The molecule has 3 nitrogen and oxygen atoms in total. The highest BCUT2D eigenvalue weighted by molar-refractivity contribution is 5.99. The summed E-state index contributed by atoms with van der Waals surface area (Å²) in [6, 6.07) is 0. The Hall–Kier alpha value is -0.860. The first-order chi connectivity index (χ1) is 6.41. The van der Waals surface area contributed by atoms with E-state index in [0.717, 1.165) is 0 Å². The molecule has 1 aliphatic heterocycles. The van der Waals surface area contributed by atoms with Gasteiger partial charge in [-0.2, -0.15) is 0 Å². The fourth-order valence-electron chi connectivity index (χ4n) is 2.40. The summed E-state index contributed by atoms with van der Waals surface area (Å²) in [5.41, 5.74) is -0.630. The molecule has 14 heavy (non-hydrogen) atoms. The van der Waals surface area contributed by atoms with Crippen LogP contribution in [-0.4, -0.2) is 17.2 Å². The molecule has 0 aromatic heterocycles. The molecule has 0 aromatic carbocycles. The van der Waals surface area contributed by atoms with Crippen molar-refractivity contribution in [3.05, 3.63) is 0 Å². The van der Waals surface area contributed by atoms with Crippen LogP contribution in [0.5, 0.6) is 0 Å². The third-order valence-corrected chi connectivity index (χ3v) is 3.21. The minimum atomic E-state index is -0.630. The van der Waals surface area contributed by atoms with Crippen molar-refractivity contribution >= 4 is 11.7 Å². The Morgan fingerprint density at radius 3 is 1.93 bits per heavy atom. The molecule has 1 amide bonds. The summed E-state index contributed by atoms with van der Waals surface area (Å²) in [5, 5.41) is 2.89. The number of ketones is 1. The first kappa shape index (κ1) is 11.2. The number of rotatable bonds is 2. The molecule has 0 aromatic rings. The fraction of sp³-hybridized carbons (Fsp3) is 0.818. The quantitative estimate of drug-likeness (QED) is 0.729. The van der Waals surface area contributed by atoms with Crippen LogP contribution in [0.4, 0.5) is 0 Å². The Kier molecular flexibility index (Phi) is 2.98. The standard InChI is InChI=1S/C11H19NO2/c1-7(2)11(8(3)4)9(13)5-6-10(14)12-11/h7-8H,5-6H2,1-4H3,(H,12,14). The molecule has 0 aliphatic carbocycles. The van der Waals surface area contributed by atoms with E-state index in [2.05, 4.69) is 5.32 Å². The monoisotopic (exact) mass is 197 g/mol. The van der Waals surface area contributed by atoms with Gasteiger partial charge in [0.2, 0.25) is 5.91 Å². The Morgan fingerprint density at radius 2 is 1.57 bits per heavy atom. The molecule has 1 aliphatic rings. The summed E-state index contributed by atoms with van der Waals surface area (Å²) in [6.07, 6.45) is 0.738. The maximum absolute atomic E-state index is 11.9. The summed E-state index contributed by atoms with van der Waals surface area (Å²) >= 11 is 0. The lowest BCUT2D eigenvalue weighted by molar-refractivity contribution is -0.141. The predicted octanol–water partition coefficient (Wildman–Crippen LogP) is 1.52. The van der Waals surface area contributed by atoms with Crippen molar-refractivity contribution in [3.8, 4) is 0 Å². The smallest absolute Gasteiger partial charge is 0.221 e. The molecule has 1 N–H and O–H groups in total. The molecule has 0 bridgehead atoms. The molecule has 3 heteroatoms. The third kappa shape index (κ3) is 1.56. The Balaban J connectivity index is 3.05. The lowest BCUT2D eigenvalue weighted by Crippen LogP contribution is -2.64. The summed E-state index contributed by atoms with van der Waals surface area (Å²) < 4.78 is 0. The number of piperidine rings is 1. The van der Waals surface area contributed by atoms with Crippen molar-refractivity contribution in [3.63, 3.8) is 0 Å². The SMILES string of the molecule is CC(C)C1(C(C)C)NC(=O)CCC1=O. The second-order valence-corrected chi connectivity index (χ2v) is 4.65. The first-order valence-corrected chi connectivity index (χ1v) is 5.25. The minimum absolute atomic E-state index is 0.00648. The molecular weight excluding hydrogens is 178 g/mol. The number of carbonyl (C=O) groups excluding carboxylic acids is 2. The van der Waals surface area contributed by atoms with Gasteiger partial charge in [-0.1, -0.05) is 27.7 Å². The van der Waals surface area contributed by atoms with Gasteiger partial charge < -0.3 is 5.32 Å². The Bertz CT molecular complexity index is 248. The highest BCUT2D eigenvalue weighted by Gasteiger charge is 2.47. The van der Waals surface area contributed by atoms with Gasteiger partial charge >= 0.3 is 0 Å². The average molecular weight is 197 g/mol. The number of Topliss-reactive ketones (excluding diaryl/α,β-unsaturated/α-hetero) is 1.